The summed E-state index contributed by atoms with van der Waals surface area (Å²) in [4.78, 5) is 4.14. The van der Waals surface area contributed by atoms with Crippen molar-refractivity contribution >= 4 is 11.5 Å². The van der Waals surface area contributed by atoms with Crippen LogP contribution >= 0.6 is 0 Å². The summed E-state index contributed by atoms with van der Waals surface area (Å²) >= 11 is 0. The molecule has 1 heterocycles. The molecule has 0 spiro atoms. The Bertz CT molecular complexity index is 614. The van der Waals surface area contributed by atoms with Crippen molar-refractivity contribution in [2.24, 2.45) is 0 Å². The number of nitrogens with one attached hydrogen (secondary N) is 1. The Morgan fingerprint density at radius 3 is 2.89 bits per heavy atom. The number of nitrogen functional groups attached to an aromatic ring is 1. The Morgan fingerprint density at radius 2 is 2.16 bits per heavy atom. The van der Waals surface area contributed by atoms with Crippen molar-refractivity contribution in [1.82, 2.24) is 4.98 Å². The molecule has 0 fully saturated rings. The lowest BCUT2D eigenvalue weighted by molar-refractivity contribution is 1.00. The zero-order valence-electron chi connectivity index (χ0n) is 10.9. The van der Waals surface area contributed by atoms with Crippen molar-refractivity contribution in [1.29, 1.82) is 5.26 Å². The van der Waals surface area contributed by atoms with Gasteiger partial charge < -0.3 is 11.1 Å². The minimum absolute atomic E-state index is 0.264. The fourth-order valence-electron chi connectivity index (χ4n) is 1.86. The molecule has 0 aliphatic heterocycles. The van der Waals surface area contributed by atoms with E-state index in [1.165, 1.54) is 11.1 Å². The molecule has 4 heteroatoms. The van der Waals surface area contributed by atoms with Gasteiger partial charge in [0.2, 0.25) is 0 Å². The first-order chi connectivity index (χ1) is 9.19. The highest BCUT2D eigenvalue weighted by atomic mass is 15.0. The maximum atomic E-state index is 8.86. The second kappa shape index (κ2) is 5.87. The monoisotopic (exact) mass is 252 g/mol. The molecule has 0 radical (unpaired) electrons. The van der Waals surface area contributed by atoms with Crippen LogP contribution in [-0.4, -0.2) is 11.5 Å². The Hall–Kier alpha value is -2.54. The summed E-state index contributed by atoms with van der Waals surface area (Å²) < 4.78 is 0. The quantitative estimate of drug-likeness (QED) is 0.876. The van der Waals surface area contributed by atoms with Crippen LogP contribution < -0.4 is 11.1 Å². The predicted octanol–water partition coefficient (Wildman–Crippen LogP) is 2.50. The molecular weight excluding hydrogens is 236 g/mol. The van der Waals surface area contributed by atoms with E-state index in [9.17, 15) is 0 Å². The molecule has 0 amide bonds. The van der Waals surface area contributed by atoms with Crippen LogP contribution in [0.25, 0.3) is 0 Å². The number of nitrogens with two attached hydrogens (primary N) is 1. The molecule has 4 nitrogen and oxygen atoms in total. The molecule has 0 bridgehead atoms. The van der Waals surface area contributed by atoms with E-state index in [1.807, 2.05) is 6.07 Å². The van der Waals surface area contributed by atoms with Gasteiger partial charge in [-0.15, -0.1) is 0 Å². The average molecular weight is 252 g/mol. The third kappa shape index (κ3) is 3.46. The minimum Gasteiger partial charge on any atom is -0.396 e. The van der Waals surface area contributed by atoms with Crippen LogP contribution in [0, 0.1) is 18.3 Å². The van der Waals surface area contributed by atoms with E-state index in [2.05, 4.69) is 41.5 Å². The van der Waals surface area contributed by atoms with Gasteiger partial charge in [0.05, 0.1) is 5.69 Å². The molecular formula is C15H16N4. The molecule has 0 aliphatic carbocycles. The number of rotatable bonds is 4. The highest BCUT2D eigenvalue weighted by molar-refractivity contribution is 5.54. The summed E-state index contributed by atoms with van der Waals surface area (Å²) in [5, 5.41) is 12.1. The molecule has 0 saturated carbocycles. The molecule has 1 aromatic carbocycles. The minimum atomic E-state index is 0.264. The van der Waals surface area contributed by atoms with Crippen LogP contribution in [0.1, 0.15) is 16.8 Å². The standard InChI is InChI=1S/C15H16N4/c1-11-3-2-4-12(9-11)7-8-18-15-6-5-13(17)14(10-16)19-15/h2-6,9H,7-8,17H2,1H3,(H,18,19). The van der Waals surface area contributed by atoms with Crippen molar-refractivity contribution in [2.45, 2.75) is 13.3 Å². The summed E-state index contributed by atoms with van der Waals surface area (Å²) in [7, 11) is 0. The van der Waals surface area contributed by atoms with E-state index in [-0.39, 0.29) is 5.69 Å². The normalized spacial score (nSPS) is 9.89. The smallest absolute Gasteiger partial charge is 0.165 e. The highest BCUT2D eigenvalue weighted by Gasteiger charge is 2.01. The maximum absolute atomic E-state index is 8.86. The lowest BCUT2D eigenvalue weighted by atomic mass is 10.1. The van der Waals surface area contributed by atoms with Gasteiger partial charge in [-0.3, -0.25) is 0 Å². The lowest BCUT2D eigenvalue weighted by Crippen LogP contribution is -2.07. The molecule has 3 N–H and O–H groups in total. The summed E-state index contributed by atoms with van der Waals surface area (Å²) in [6, 6.07) is 13.9. The molecule has 19 heavy (non-hydrogen) atoms. The fraction of sp³-hybridized carbons (Fsp3) is 0.200. The fourth-order valence-corrected chi connectivity index (χ4v) is 1.86. The van der Waals surface area contributed by atoms with E-state index in [0.717, 1.165) is 13.0 Å². The number of benzene rings is 1. The van der Waals surface area contributed by atoms with Gasteiger partial charge in [-0.05, 0) is 31.0 Å². The summed E-state index contributed by atoms with van der Waals surface area (Å²) in [6.45, 7) is 2.85. The molecule has 2 aromatic rings. The first kappa shape index (κ1) is 12.9. The van der Waals surface area contributed by atoms with Gasteiger partial charge in [-0.25, -0.2) is 4.98 Å². The number of aryl methyl sites for hydroxylation is 1. The molecule has 2 rings (SSSR count). The summed E-state index contributed by atoms with van der Waals surface area (Å²) in [5.41, 5.74) is 8.84. The van der Waals surface area contributed by atoms with Crippen LogP contribution in [0.15, 0.2) is 36.4 Å². The Morgan fingerprint density at radius 1 is 1.32 bits per heavy atom. The molecule has 96 valence electrons. The van der Waals surface area contributed by atoms with E-state index < -0.39 is 0 Å². The van der Waals surface area contributed by atoms with Crippen LogP contribution in [0.2, 0.25) is 0 Å². The van der Waals surface area contributed by atoms with E-state index in [1.54, 1.807) is 12.1 Å². The van der Waals surface area contributed by atoms with Crippen molar-refractivity contribution in [3.8, 4) is 6.07 Å². The first-order valence-electron chi connectivity index (χ1n) is 6.15. The lowest BCUT2D eigenvalue weighted by Gasteiger charge is -2.07. The number of hydrogen-bond acceptors (Lipinski definition) is 4. The number of hydrogen-bond donors (Lipinski definition) is 2. The molecule has 0 aliphatic rings. The van der Waals surface area contributed by atoms with Crippen molar-refractivity contribution in [2.75, 3.05) is 17.6 Å². The van der Waals surface area contributed by atoms with E-state index >= 15 is 0 Å². The number of nitriles is 1. The maximum Gasteiger partial charge on any atom is 0.165 e. The first-order valence-corrected chi connectivity index (χ1v) is 6.15. The summed E-state index contributed by atoms with van der Waals surface area (Å²) in [5.74, 6) is 0.679. The second-order valence-corrected chi connectivity index (χ2v) is 4.41. The number of anilines is 2. The van der Waals surface area contributed by atoms with Gasteiger partial charge in [0.15, 0.2) is 5.69 Å². The van der Waals surface area contributed by atoms with Crippen LogP contribution in [-0.2, 0) is 6.42 Å². The third-order valence-corrected chi connectivity index (χ3v) is 2.83. The van der Waals surface area contributed by atoms with Gasteiger partial charge in [-0.2, -0.15) is 5.26 Å². The third-order valence-electron chi connectivity index (χ3n) is 2.83. The average Bonchev–Trinajstić information content (AvgIpc) is 2.41. The van der Waals surface area contributed by atoms with Gasteiger partial charge in [0, 0.05) is 6.54 Å². The molecule has 1 aromatic heterocycles. The molecule has 0 atom stereocenters. The number of nitrogens with zero attached hydrogens (tertiary/aromatic N) is 2. The molecule has 0 saturated heterocycles. The SMILES string of the molecule is Cc1cccc(CCNc2ccc(N)c(C#N)n2)c1. The van der Waals surface area contributed by atoms with Crippen molar-refractivity contribution in [3.63, 3.8) is 0 Å². The zero-order chi connectivity index (χ0) is 13.7. The van der Waals surface area contributed by atoms with Gasteiger partial charge in [-0.1, -0.05) is 29.8 Å². The highest BCUT2D eigenvalue weighted by Crippen LogP contribution is 2.12. The van der Waals surface area contributed by atoms with Crippen LogP contribution in [0.3, 0.4) is 0 Å². The largest absolute Gasteiger partial charge is 0.396 e. The predicted molar refractivity (Wildman–Crippen MR) is 76.7 cm³/mol. The summed E-state index contributed by atoms with van der Waals surface area (Å²) in [6.07, 6.45) is 0.912. The van der Waals surface area contributed by atoms with E-state index in [4.69, 9.17) is 11.0 Å². The van der Waals surface area contributed by atoms with Crippen LogP contribution in [0.4, 0.5) is 11.5 Å². The number of pyridine rings is 1. The topological polar surface area (TPSA) is 74.7 Å². The van der Waals surface area contributed by atoms with Gasteiger partial charge in [0.25, 0.3) is 0 Å². The number of aromatic nitrogens is 1. The van der Waals surface area contributed by atoms with E-state index in [0.29, 0.717) is 11.5 Å². The second-order valence-electron chi connectivity index (χ2n) is 4.41. The van der Waals surface area contributed by atoms with Gasteiger partial charge in [0.1, 0.15) is 11.9 Å². The molecule has 0 unspecified atom stereocenters. The van der Waals surface area contributed by atoms with Crippen molar-refractivity contribution < 1.29 is 0 Å². The Labute approximate surface area is 112 Å². The Kier molecular flexibility index (Phi) is 3.99. The van der Waals surface area contributed by atoms with Crippen molar-refractivity contribution in [3.05, 3.63) is 53.2 Å². The Balaban J connectivity index is 1.95. The van der Waals surface area contributed by atoms with Gasteiger partial charge >= 0.3 is 0 Å². The van der Waals surface area contributed by atoms with Crippen LogP contribution in [0.5, 0.6) is 0 Å². The zero-order valence-corrected chi connectivity index (χ0v) is 10.9.